The number of aryl methyl sites for hydroxylation is 1. The molecule has 0 aliphatic rings. The van der Waals surface area contributed by atoms with Gasteiger partial charge in [-0.1, -0.05) is 38.1 Å². The topological polar surface area (TPSA) is 66.4 Å². The van der Waals surface area contributed by atoms with Crippen molar-refractivity contribution in [2.24, 2.45) is 5.41 Å². The van der Waals surface area contributed by atoms with Crippen LogP contribution in [0.1, 0.15) is 31.4 Å². The molecule has 2 N–H and O–H groups in total. The number of rotatable bonds is 6. The van der Waals surface area contributed by atoms with Crippen LogP contribution >= 0.6 is 0 Å². The van der Waals surface area contributed by atoms with Crippen molar-refractivity contribution in [3.8, 4) is 0 Å². The lowest BCUT2D eigenvalue weighted by Crippen LogP contribution is -2.39. The SMILES string of the molecule is Cc1ccccc1CCNC(=O)C(C)(C)CC(=O)O. The zero-order valence-corrected chi connectivity index (χ0v) is 11.7. The zero-order valence-electron chi connectivity index (χ0n) is 11.7. The second-order valence-electron chi connectivity index (χ2n) is 5.39. The van der Waals surface area contributed by atoms with Crippen LogP contribution in [0.15, 0.2) is 24.3 Å². The van der Waals surface area contributed by atoms with E-state index in [0.29, 0.717) is 6.54 Å². The lowest BCUT2D eigenvalue weighted by Gasteiger charge is -2.21. The maximum absolute atomic E-state index is 11.9. The normalized spacial score (nSPS) is 11.1. The molecule has 19 heavy (non-hydrogen) atoms. The molecule has 1 rings (SSSR count). The van der Waals surface area contributed by atoms with E-state index in [1.54, 1.807) is 13.8 Å². The first-order chi connectivity index (χ1) is 8.83. The van der Waals surface area contributed by atoms with Gasteiger partial charge < -0.3 is 10.4 Å². The summed E-state index contributed by atoms with van der Waals surface area (Å²) in [7, 11) is 0. The number of carbonyl (C=O) groups is 2. The molecule has 0 aliphatic carbocycles. The third-order valence-electron chi connectivity index (χ3n) is 3.15. The average Bonchev–Trinajstić information content (AvgIpc) is 2.29. The maximum Gasteiger partial charge on any atom is 0.304 e. The van der Waals surface area contributed by atoms with E-state index in [2.05, 4.69) is 5.32 Å². The van der Waals surface area contributed by atoms with E-state index in [4.69, 9.17) is 5.11 Å². The Kier molecular flexibility index (Phi) is 5.10. The molecule has 0 saturated heterocycles. The number of aliphatic carboxylic acids is 1. The van der Waals surface area contributed by atoms with Crippen LogP contribution in [0.2, 0.25) is 0 Å². The number of amides is 1. The monoisotopic (exact) mass is 263 g/mol. The Bertz CT molecular complexity index is 466. The smallest absolute Gasteiger partial charge is 0.304 e. The first kappa shape index (κ1) is 15.2. The van der Waals surface area contributed by atoms with Crippen LogP contribution in [0.25, 0.3) is 0 Å². The van der Waals surface area contributed by atoms with Crippen LogP contribution in [-0.2, 0) is 16.0 Å². The van der Waals surface area contributed by atoms with Crippen molar-refractivity contribution in [1.29, 1.82) is 0 Å². The van der Waals surface area contributed by atoms with E-state index in [0.717, 1.165) is 6.42 Å². The molecule has 4 heteroatoms. The van der Waals surface area contributed by atoms with Gasteiger partial charge in [0.05, 0.1) is 11.8 Å². The molecule has 1 aromatic rings. The summed E-state index contributed by atoms with van der Waals surface area (Å²) in [6.45, 7) is 5.84. The lowest BCUT2D eigenvalue weighted by molar-refractivity contribution is -0.144. The van der Waals surface area contributed by atoms with Crippen LogP contribution in [0.5, 0.6) is 0 Å². The minimum Gasteiger partial charge on any atom is -0.481 e. The first-order valence-electron chi connectivity index (χ1n) is 6.37. The number of nitrogens with one attached hydrogen (secondary N) is 1. The van der Waals surface area contributed by atoms with E-state index < -0.39 is 11.4 Å². The number of hydrogen-bond acceptors (Lipinski definition) is 2. The lowest BCUT2D eigenvalue weighted by atomic mass is 9.88. The molecule has 0 spiro atoms. The van der Waals surface area contributed by atoms with E-state index >= 15 is 0 Å². The number of benzene rings is 1. The van der Waals surface area contributed by atoms with E-state index in [1.165, 1.54) is 11.1 Å². The highest BCUT2D eigenvalue weighted by atomic mass is 16.4. The maximum atomic E-state index is 11.9. The van der Waals surface area contributed by atoms with Gasteiger partial charge in [-0.2, -0.15) is 0 Å². The molecule has 4 nitrogen and oxygen atoms in total. The summed E-state index contributed by atoms with van der Waals surface area (Å²) in [5, 5.41) is 11.6. The van der Waals surface area contributed by atoms with Crippen LogP contribution in [-0.4, -0.2) is 23.5 Å². The Morgan fingerprint density at radius 2 is 1.89 bits per heavy atom. The summed E-state index contributed by atoms with van der Waals surface area (Å²) in [6.07, 6.45) is 0.588. The summed E-state index contributed by atoms with van der Waals surface area (Å²) >= 11 is 0. The minimum atomic E-state index is -0.959. The minimum absolute atomic E-state index is 0.163. The van der Waals surface area contributed by atoms with Crippen molar-refractivity contribution >= 4 is 11.9 Å². The third-order valence-corrected chi connectivity index (χ3v) is 3.15. The largest absolute Gasteiger partial charge is 0.481 e. The van der Waals surface area contributed by atoms with Gasteiger partial charge in [-0.05, 0) is 24.5 Å². The van der Waals surface area contributed by atoms with Gasteiger partial charge in [-0.3, -0.25) is 9.59 Å². The molecular formula is C15H21NO3. The van der Waals surface area contributed by atoms with Crippen molar-refractivity contribution in [2.45, 2.75) is 33.6 Å². The Labute approximate surface area is 113 Å². The molecule has 0 unspecified atom stereocenters. The molecule has 0 radical (unpaired) electrons. The van der Waals surface area contributed by atoms with Gasteiger partial charge in [-0.25, -0.2) is 0 Å². The van der Waals surface area contributed by atoms with Gasteiger partial charge in [0.2, 0.25) is 5.91 Å². The van der Waals surface area contributed by atoms with E-state index in [9.17, 15) is 9.59 Å². The predicted molar refractivity (Wildman–Crippen MR) is 73.9 cm³/mol. The Morgan fingerprint density at radius 1 is 1.26 bits per heavy atom. The van der Waals surface area contributed by atoms with Crippen LogP contribution in [0.4, 0.5) is 0 Å². The molecule has 0 bridgehead atoms. The predicted octanol–water partition coefficient (Wildman–Crippen LogP) is 2.15. The summed E-state index contributed by atoms with van der Waals surface area (Å²) < 4.78 is 0. The van der Waals surface area contributed by atoms with E-state index in [-0.39, 0.29) is 12.3 Å². The Balaban J connectivity index is 2.47. The fraction of sp³-hybridized carbons (Fsp3) is 0.467. The van der Waals surface area contributed by atoms with Gasteiger partial charge in [0.15, 0.2) is 0 Å². The fourth-order valence-corrected chi connectivity index (χ4v) is 1.90. The number of carboxylic acids is 1. The van der Waals surface area contributed by atoms with E-state index in [1.807, 2.05) is 31.2 Å². The van der Waals surface area contributed by atoms with Gasteiger partial charge >= 0.3 is 5.97 Å². The second kappa shape index (κ2) is 6.36. The molecular weight excluding hydrogens is 242 g/mol. The highest BCUT2D eigenvalue weighted by Gasteiger charge is 2.29. The first-order valence-corrected chi connectivity index (χ1v) is 6.37. The van der Waals surface area contributed by atoms with Crippen LogP contribution in [0, 0.1) is 12.3 Å². The standard InChI is InChI=1S/C15H21NO3/c1-11-6-4-5-7-12(11)8-9-16-14(19)15(2,3)10-13(17)18/h4-7H,8-10H2,1-3H3,(H,16,19)(H,17,18). The molecule has 1 aromatic carbocycles. The highest BCUT2D eigenvalue weighted by molar-refractivity contribution is 5.86. The van der Waals surface area contributed by atoms with Crippen LogP contribution in [0.3, 0.4) is 0 Å². The van der Waals surface area contributed by atoms with Crippen molar-refractivity contribution in [3.63, 3.8) is 0 Å². The van der Waals surface area contributed by atoms with Gasteiger partial charge in [0, 0.05) is 6.54 Å². The average molecular weight is 263 g/mol. The number of hydrogen-bond donors (Lipinski definition) is 2. The summed E-state index contributed by atoms with van der Waals surface area (Å²) in [5.74, 6) is -1.18. The summed E-state index contributed by atoms with van der Waals surface area (Å²) in [6, 6.07) is 8.02. The molecule has 104 valence electrons. The van der Waals surface area contributed by atoms with Gasteiger partial charge in [0.25, 0.3) is 0 Å². The zero-order chi connectivity index (χ0) is 14.5. The molecule has 0 aliphatic heterocycles. The summed E-state index contributed by atoms with van der Waals surface area (Å²) in [5.41, 5.74) is 1.51. The van der Waals surface area contributed by atoms with Crippen molar-refractivity contribution in [1.82, 2.24) is 5.32 Å². The van der Waals surface area contributed by atoms with Crippen molar-refractivity contribution < 1.29 is 14.7 Å². The molecule has 0 aromatic heterocycles. The van der Waals surface area contributed by atoms with Crippen LogP contribution < -0.4 is 5.32 Å². The molecule has 0 saturated carbocycles. The highest BCUT2D eigenvalue weighted by Crippen LogP contribution is 2.20. The molecule has 0 heterocycles. The quantitative estimate of drug-likeness (QED) is 0.826. The van der Waals surface area contributed by atoms with Crippen molar-refractivity contribution in [2.75, 3.05) is 6.54 Å². The third kappa shape index (κ3) is 4.73. The van der Waals surface area contributed by atoms with Gasteiger partial charge in [-0.15, -0.1) is 0 Å². The number of carbonyl (C=O) groups excluding carboxylic acids is 1. The molecule has 1 amide bonds. The molecule has 0 atom stereocenters. The Hall–Kier alpha value is -1.84. The fourth-order valence-electron chi connectivity index (χ4n) is 1.90. The van der Waals surface area contributed by atoms with Gasteiger partial charge in [0.1, 0.15) is 0 Å². The Morgan fingerprint density at radius 3 is 2.47 bits per heavy atom. The second-order valence-corrected chi connectivity index (χ2v) is 5.39. The summed E-state index contributed by atoms with van der Waals surface area (Å²) in [4.78, 5) is 22.6. The number of carboxylic acid groups (broad SMARTS) is 1. The molecule has 0 fully saturated rings. The van der Waals surface area contributed by atoms with Crippen molar-refractivity contribution in [3.05, 3.63) is 35.4 Å².